The van der Waals surface area contributed by atoms with Crippen molar-refractivity contribution in [2.45, 2.75) is 53.8 Å². The molecule has 0 spiro atoms. The van der Waals surface area contributed by atoms with Crippen molar-refractivity contribution in [3.8, 4) is 0 Å². The molecule has 0 amide bonds. The summed E-state index contributed by atoms with van der Waals surface area (Å²) in [4.78, 5) is 9.88. The normalized spacial score (nSPS) is 16.0. The van der Waals surface area contributed by atoms with Crippen LogP contribution in [0.25, 0.3) is 0 Å². The van der Waals surface area contributed by atoms with Crippen molar-refractivity contribution < 1.29 is 80.1 Å². The third kappa shape index (κ3) is 3.43. The Labute approximate surface area is 159 Å². The zero-order valence-corrected chi connectivity index (χ0v) is 14.2. The van der Waals surface area contributed by atoms with Gasteiger partial charge in [-0.25, -0.2) is 4.79 Å². The molecule has 0 aromatic heterocycles. The fourth-order valence-electron chi connectivity index (χ4n) is 1.65. The quantitative estimate of drug-likeness (QED) is 0.305. The van der Waals surface area contributed by atoms with Crippen LogP contribution in [-0.4, -0.2) is 64.2 Å². The molecule has 0 atom stereocenters. The summed E-state index contributed by atoms with van der Waals surface area (Å²) in [6.07, 6.45) is -2.54. The van der Waals surface area contributed by atoms with Crippen LogP contribution in [0.2, 0.25) is 0 Å². The van der Waals surface area contributed by atoms with Crippen LogP contribution in [0.15, 0.2) is 0 Å². The second-order valence-corrected chi connectivity index (χ2v) is 5.95. The zero-order valence-electron chi connectivity index (χ0n) is 13.3. The third-order valence-electron chi connectivity index (χ3n) is 3.52. The van der Waals surface area contributed by atoms with Crippen LogP contribution in [0.1, 0.15) is 6.42 Å². The highest BCUT2D eigenvalue weighted by molar-refractivity contribution is 7.80. The van der Waals surface area contributed by atoms with Crippen LogP contribution in [0.5, 0.6) is 0 Å². The highest BCUT2D eigenvalue weighted by Crippen LogP contribution is 2.64. The SMILES string of the molecule is O=C(O)C(F)(F)C(F)(F)C(F)(F)C(F)(F)C(F)(F)C(F)(F)C(F)(F)C(F)(F)CCS. The van der Waals surface area contributed by atoms with E-state index in [2.05, 4.69) is 12.6 Å². The van der Waals surface area contributed by atoms with Gasteiger partial charge in [0.15, 0.2) is 0 Å². The van der Waals surface area contributed by atoms with Crippen LogP contribution in [0.3, 0.4) is 0 Å². The Balaban J connectivity index is 6.78. The van der Waals surface area contributed by atoms with E-state index in [0.29, 0.717) is 0 Å². The summed E-state index contributed by atoms with van der Waals surface area (Å²) in [7, 11) is 0. The summed E-state index contributed by atoms with van der Waals surface area (Å²) in [6.45, 7) is 0. The smallest absolute Gasteiger partial charge is 0.410 e. The predicted molar refractivity (Wildman–Crippen MR) is 65.7 cm³/mol. The molecule has 0 fully saturated rings. The van der Waals surface area contributed by atoms with Gasteiger partial charge in [-0.2, -0.15) is 82.9 Å². The molecule has 0 aromatic rings. The Morgan fingerprint density at radius 3 is 1.10 bits per heavy atom. The molecular formula is C11H6F16O2S. The van der Waals surface area contributed by atoms with Gasteiger partial charge < -0.3 is 5.11 Å². The standard InChI is InChI=1S/C11H6F16O2S/c12-4(13,1-2-30)6(16,17)8(20,21)10(24,25)11(26,27)9(22,23)7(18,19)5(14,15)3(28)29/h30H,1-2H2,(H,28,29). The summed E-state index contributed by atoms with van der Waals surface area (Å²) in [5.41, 5.74) is 0. The van der Waals surface area contributed by atoms with E-state index < -0.39 is 65.5 Å². The van der Waals surface area contributed by atoms with Crippen LogP contribution >= 0.6 is 12.6 Å². The Hall–Kier alpha value is -1.30. The minimum atomic E-state index is -8.62. The minimum absolute atomic E-state index is 1.49. The molecule has 0 saturated heterocycles. The van der Waals surface area contributed by atoms with E-state index in [0.717, 1.165) is 0 Å². The van der Waals surface area contributed by atoms with Gasteiger partial charge in [0.1, 0.15) is 0 Å². The Kier molecular flexibility index (Phi) is 7.07. The molecule has 180 valence electrons. The molecule has 0 rings (SSSR count). The number of carbonyl (C=O) groups is 1. The van der Waals surface area contributed by atoms with Crippen molar-refractivity contribution in [2.24, 2.45) is 0 Å². The third-order valence-corrected chi connectivity index (χ3v) is 3.74. The van der Waals surface area contributed by atoms with Gasteiger partial charge in [0, 0.05) is 6.42 Å². The first-order valence-corrected chi connectivity index (χ1v) is 7.25. The molecule has 0 heterocycles. The fraction of sp³-hybridized carbons (Fsp3) is 0.909. The van der Waals surface area contributed by atoms with Gasteiger partial charge in [0.2, 0.25) is 0 Å². The average molecular weight is 506 g/mol. The summed E-state index contributed by atoms with van der Waals surface area (Å²) in [6, 6.07) is 0. The van der Waals surface area contributed by atoms with Gasteiger partial charge in [0.05, 0.1) is 0 Å². The monoisotopic (exact) mass is 506 g/mol. The first-order chi connectivity index (χ1) is 12.8. The average Bonchev–Trinajstić information content (AvgIpc) is 2.53. The van der Waals surface area contributed by atoms with Crippen molar-refractivity contribution in [1.82, 2.24) is 0 Å². The predicted octanol–water partition coefficient (Wildman–Crippen LogP) is 5.47. The molecule has 19 heteroatoms. The molecule has 1 N–H and O–H groups in total. The second kappa shape index (κ2) is 7.39. The van der Waals surface area contributed by atoms with Crippen molar-refractivity contribution in [1.29, 1.82) is 0 Å². The Morgan fingerprint density at radius 2 is 0.833 bits per heavy atom. The highest BCUT2D eigenvalue weighted by Gasteiger charge is 2.95. The number of aliphatic carboxylic acids is 1. The van der Waals surface area contributed by atoms with Crippen molar-refractivity contribution in [3.63, 3.8) is 0 Å². The molecule has 0 aliphatic heterocycles. The Bertz CT molecular complexity index is 658. The number of halogens is 16. The summed E-state index contributed by atoms with van der Waals surface area (Å²) >= 11 is 2.85. The topological polar surface area (TPSA) is 37.3 Å². The lowest BCUT2D eigenvalue weighted by atomic mass is 9.87. The first kappa shape index (κ1) is 28.7. The number of hydrogen-bond donors (Lipinski definition) is 2. The molecule has 0 aliphatic rings. The van der Waals surface area contributed by atoms with Gasteiger partial charge in [-0.1, -0.05) is 0 Å². The van der Waals surface area contributed by atoms with E-state index in [1.165, 1.54) is 0 Å². The summed E-state index contributed by atoms with van der Waals surface area (Å²) in [5.74, 6) is -69.1. The lowest BCUT2D eigenvalue weighted by molar-refractivity contribution is -0.451. The van der Waals surface area contributed by atoms with Gasteiger partial charge in [0.25, 0.3) is 0 Å². The van der Waals surface area contributed by atoms with E-state index in [4.69, 9.17) is 5.11 Å². The maximum Gasteiger partial charge on any atom is 0.410 e. The first-order valence-electron chi connectivity index (χ1n) is 6.62. The molecule has 0 radical (unpaired) electrons. The molecule has 0 aromatic carbocycles. The summed E-state index contributed by atoms with van der Waals surface area (Å²) in [5, 5.41) is 7.69. The molecular weight excluding hydrogens is 500 g/mol. The fourth-order valence-corrected chi connectivity index (χ4v) is 1.93. The van der Waals surface area contributed by atoms with Crippen LogP contribution in [0.4, 0.5) is 70.2 Å². The van der Waals surface area contributed by atoms with Gasteiger partial charge in [-0.05, 0) is 5.75 Å². The minimum Gasteiger partial charge on any atom is -0.477 e. The number of hydrogen-bond acceptors (Lipinski definition) is 2. The lowest BCUT2D eigenvalue weighted by Crippen LogP contribution is -2.75. The maximum atomic E-state index is 13.3. The molecule has 0 saturated carbocycles. The number of carboxylic acids is 1. The molecule has 0 unspecified atom stereocenters. The number of thiol groups is 1. The lowest BCUT2D eigenvalue weighted by Gasteiger charge is -2.43. The largest absolute Gasteiger partial charge is 0.477 e. The van der Waals surface area contributed by atoms with Crippen molar-refractivity contribution in [3.05, 3.63) is 0 Å². The van der Waals surface area contributed by atoms with Crippen molar-refractivity contribution in [2.75, 3.05) is 5.75 Å². The molecule has 0 aliphatic carbocycles. The number of carboxylic acid groups (broad SMARTS) is 1. The van der Waals surface area contributed by atoms with Gasteiger partial charge in [-0.3, -0.25) is 0 Å². The number of rotatable bonds is 10. The highest BCUT2D eigenvalue weighted by atomic mass is 32.1. The second-order valence-electron chi connectivity index (χ2n) is 5.50. The molecule has 2 nitrogen and oxygen atoms in total. The maximum absolute atomic E-state index is 13.3. The van der Waals surface area contributed by atoms with Gasteiger partial charge >= 0.3 is 53.3 Å². The van der Waals surface area contributed by atoms with Crippen LogP contribution < -0.4 is 0 Å². The van der Waals surface area contributed by atoms with E-state index >= 15 is 0 Å². The van der Waals surface area contributed by atoms with E-state index in [9.17, 15) is 75.0 Å². The van der Waals surface area contributed by atoms with Gasteiger partial charge in [-0.15, -0.1) is 0 Å². The van der Waals surface area contributed by atoms with E-state index in [1.54, 1.807) is 0 Å². The molecule has 0 bridgehead atoms. The summed E-state index contributed by atoms with van der Waals surface area (Å²) < 4.78 is 210. The van der Waals surface area contributed by atoms with E-state index in [-0.39, 0.29) is 0 Å². The van der Waals surface area contributed by atoms with Crippen LogP contribution in [-0.2, 0) is 4.79 Å². The van der Waals surface area contributed by atoms with E-state index in [1.807, 2.05) is 0 Å². The molecule has 30 heavy (non-hydrogen) atoms. The Morgan fingerprint density at radius 1 is 0.567 bits per heavy atom. The zero-order chi connectivity index (χ0) is 25.0. The van der Waals surface area contributed by atoms with Crippen LogP contribution in [0, 0.1) is 0 Å². The van der Waals surface area contributed by atoms with Crippen molar-refractivity contribution >= 4 is 18.6 Å². The number of alkyl halides is 16.